The van der Waals surface area contributed by atoms with Gasteiger partial charge in [0.1, 0.15) is 6.54 Å². The molecule has 0 radical (unpaired) electrons. The van der Waals surface area contributed by atoms with Gasteiger partial charge in [-0.05, 0) is 31.6 Å². The Morgan fingerprint density at radius 2 is 2.00 bits per heavy atom. The number of nitrogens with one attached hydrogen (secondary N) is 2. The molecule has 0 heterocycles. The summed E-state index contributed by atoms with van der Waals surface area (Å²) in [4.78, 5) is 17.4. The summed E-state index contributed by atoms with van der Waals surface area (Å²) in [6.45, 7) is 4.66. The zero-order valence-electron chi connectivity index (χ0n) is 13.6. The Labute approximate surface area is 145 Å². The van der Waals surface area contributed by atoms with Crippen LogP contribution in [0.4, 0.5) is 0 Å². The summed E-state index contributed by atoms with van der Waals surface area (Å²) in [5, 5.41) is 6.51. The van der Waals surface area contributed by atoms with E-state index in [1.54, 1.807) is 26.1 Å². The fourth-order valence-electron chi connectivity index (χ4n) is 1.91. The number of hydrogen-bond donors (Lipinski definition) is 2. The maximum atomic E-state index is 11.6. The lowest BCUT2D eigenvalue weighted by atomic mass is 10.0. The molecule has 0 unspecified atom stereocenters. The molecule has 7 heteroatoms. The molecule has 1 rings (SSSR count). The molecular formula is C14H29IN4O2. The highest BCUT2D eigenvalue weighted by molar-refractivity contribution is 14.0. The van der Waals surface area contributed by atoms with Gasteiger partial charge in [0.2, 0.25) is 5.91 Å². The minimum absolute atomic E-state index is 0. The average molecular weight is 412 g/mol. The first kappa shape index (κ1) is 20.4. The van der Waals surface area contributed by atoms with Gasteiger partial charge in [0.15, 0.2) is 5.96 Å². The fourth-order valence-corrected chi connectivity index (χ4v) is 1.91. The predicted octanol–water partition coefficient (Wildman–Crippen LogP) is 1.06. The maximum absolute atomic E-state index is 11.6. The van der Waals surface area contributed by atoms with Crippen LogP contribution in [-0.4, -0.2) is 64.2 Å². The van der Waals surface area contributed by atoms with Crippen LogP contribution in [0.3, 0.4) is 0 Å². The number of methoxy groups -OCH3 is 1. The summed E-state index contributed by atoms with van der Waals surface area (Å²) in [7, 11) is 5.21. The van der Waals surface area contributed by atoms with E-state index in [4.69, 9.17) is 4.74 Å². The molecule has 0 bridgehead atoms. The molecule has 1 amide bonds. The molecule has 1 aliphatic rings. The second kappa shape index (κ2) is 10.2. The van der Waals surface area contributed by atoms with Crippen molar-refractivity contribution in [3.05, 3.63) is 0 Å². The van der Waals surface area contributed by atoms with Gasteiger partial charge >= 0.3 is 0 Å². The molecule has 0 aromatic heterocycles. The van der Waals surface area contributed by atoms with Crippen molar-refractivity contribution in [1.29, 1.82) is 0 Å². The van der Waals surface area contributed by atoms with Gasteiger partial charge in [-0.3, -0.25) is 4.79 Å². The quantitative estimate of drug-likeness (QED) is 0.356. The number of carbonyl (C=O) groups excluding carboxylic acids is 1. The Morgan fingerprint density at radius 3 is 2.48 bits per heavy atom. The van der Waals surface area contributed by atoms with Gasteiger partial charge in [0.25, 0.3) is 0 Å². The maximum Gasteiger partial charge on any atom is 0.243 e. The Bertz CT molecular complexity index is 344. The Morgan fingerprint density at radius 1 is 1.33 bits per heavy atom. The number of nitrogens with zero attached hydrogens (tertiary/aromatic N) is 2. The van der Waals surface area contributed by atoms with E-state index in [9.17, 15) is 4.79 Å². The molecule has 0 spiro atoms. The number of ether oxygens (including phenoxy) is 1. The van der Waals surface area contributed by atoms with Crippen molar-refractivity contribution < 1.29 is 9.53 Å². The minimum atomic E-state index is 0. The molecule has 124 valence electrons. The molecule has 1 aliphatic carbocycles. The SMILES string of the molecule is CCNC(=NCC(=O)N(C)C)NCC1(CCOC)CC1.I. The van der Waals surface area contributed by atoms with E-state index in [0.717, 1.165) is 26.1 Å². The van der Waals surface area contributed by atoms with E-state index < -0.39 is 0 Å². The highest BCUT2D eigenvalue weighted by Crippen LogP contribution is 2.48. The van der Waals surface area contributed by atoms with E-state index in [2.05, 4.69) is 15.6 Å². The molecule has 21 heavy (non-hydrogen) atoms. The number of hydrogen-bond acceptors (Lipinski definition) is 3. The standard InChI is InChI=1S/C14H28N4O2.HI/c1-5-15-13(16-10-12(19)18(2)3)17-11-14(6-7-14)8-9-20-4;/h5-11H2,1-4H3,(H2,15,16,17);1H. The van der Waals surface area contributed by atoms with Gasteiger partial charge in [-0.2, -0.15) is 0 Å². The first-order valence-electron chi connectivity index (χ1n) is 7.24. The van der Waals surface area contributed by atoms with Crippen LogP contribution in [0.1, 0.15) is 26.2 Å². The van der Waals surface area contributed by atoms with Gasteiger partial charge in [0.05, 0.1) is 0 Å². The van der Waals surface area contributed by atoms with Crippen LogP contribution in [0.15, 0.2) is 4.99 Å². The molecule has 1 fully saturated rings. The van der Waals surface area contributed by atoms with Gasteiger partial charge in [-0.1, -0.05) is 0 Å². The third-order valence-electron chi connectivity index (χ3n) is 3.64. The number of aliphatic imine (C=N–C) groups is 1. The van der Waals surface area contributed by atoms with Gasteiger partial charge < -0.3 is 20.3 Å². The van der Waals surface area contributed by atoms with Crippen LogP contribution >= 0.6 is 24.0 Å². The van der Waals surface area contributed by atoms with Gasteiger partial charge in [0, 0.05) is 40.9 Å². The van der Waals surface area contributed by atoms with Crippen LogP contribution < -0.4 is 10.6 Å². The summed E-state index contributed by atoms with van der Waals surface area (Å²) in [5.41, 5.74) is 0.359. The van der Waals surface area contributed by atoms with Crippen LogP contribution in [0.2, 0.25) is 0 Å². The lowest BCUT2D eigenvalue weighted by Crippen LogP contribution is -2.41. The molecule has 0 atom stereocenters. The largest absolute Gasteiger partial charge is 0.385 e. The van der Waals surface area contributed by atoms with E-state index >= 15 is 0 Å². The lowest BCUT2D eigenvalue weighted by molar-refractivity contribution is -0.127. The number of rotatable bonds is 8. The Balaban J connectivity index is 0.00000400. The lowest BCUT2D eigenvalue weighted by Gasteiger charge is -2.18. The van der Waals surface area contributed by atoms with Crippen molar-refractivity contribution in [1.82, 2.24) is 15.5 Å². The molecule has 0 saturated heterocycles. The fraction of sp³-hybridized carbons (Fsp3) is 0.857. The van der Waals surface area contributed by atoms with Gasteiger partial charge in [-0.15, -0.1) is 24.0 Å². The first-order chi connectivity index (χ1) is 9.53. The van der Waals surface area contributed by atoms with E-state index in [1.165, 1.54) is 12.8 Å². The van der Waals surface area contributed by atoms with Crippen molar-refractivity contribution in [3.63, 3.8) is 0 Å². The Hall–Kier alpha value is -0.570. The first-order valence-corrected chi connectivity index (χ1v) is 7.24. The van der Waals surface area contributed by atoms with Gasteiger partial charge in [-0.25, -0.2) is 4.99 Å². The zero-order valence-corrected chi connectivity index (χ0v) is 15.9. The number of guanidine groups is 1. The van der Waals surface area contributed by atoms with E-state index in [-0.39, 0.29) is 36.4 Å². The van der Waals surface area contributed by atoms with Crippen molar-refractivity contribution in [2.75, 3.05) is 47.4 Å². The highest BCUT2D eigenvalue weighted by Gasteiger charge is 2.41. The van der Waals surface area contributed by atoms with Crippen molar-refractivity contribution >= 4 is 35.8 Å². The molecule has 0 aliphatic heterocycles. The zero-order chi connectivity index (χ0) is 15.0. The number of halogens is 1. The third-order valence-corrected chi connectivity index (χ3v) is 3.64. The molecule has 1 saturated carbocycles. The third kappa shape index (κ3) is 7.85. The molecule has 0 aromatic rings. The molecule has 0 aromatic carbocycles. The summed E-state index contributed by atoms with van der Waals surface area (Å²) in [5.74, 6) is 0.717. The number of likely N-dealkylation sites (N-methyl/N-ethyl adjacent to an activating group) is 1. The Kier molecular flexibility index (Phi) is 9.93. The molecule has 6 nitrogen and oxygen atoms in total. The molecular weight excluding hydrogens is 383 g/mol. The van der Waals surface area contributed by atoms with Crippen LogP contribution in [0.25, 0.3) is 0 Å². The second-order valence-electron chi connectivity index (χ2n) is 5.58. The topological polar surface area (TPSA) is 66.0 Å². The van der Waals surface area contributed by atoms with E-state index in [0.29, 0.717) is 11.4 Å². The summed E-state index contributed by atoms with van der Waals surface area (Å²) in [6.07, 6.45) is 3.55. The smallest absolute Gasteiger partial charge is 0.243 e. The van der Waals surface area contributed by atoms with Crippen LogP contribution in [0, 0.1) is 5.41 Å². The molecule has 2 N–H and O–H groups in total. The number of amides is 1. The average Bonchev–Trinajstić information content (AvgIpc) is 3.19. The second-order valence-corrected chi connectivity index (χ2v) is 5.58. The van der Waals surface area contributed by atoms with E-state index in [1.807, 2.05) is 6.92 Å². The van der Waals surface area contributed by atoms with Crippen molar-refractivity contribution in [2.24, 2.45) is 10.4 Å². The summed E-state index contributed by atoms with van der Waals surface area (Å²) in [6, 6.07) is 0. The number of carbonyl (C=O) groups is 1. The monoisotopic (exact) mass is 412 g/mol. The van der Waals surface area contributed by atoms with Crippen molar-refractivity contribution in [2.45, 2.75) is 26.2 Å². The summed E-state index contributed by atoms with van der Waals surface area (Å²) >= 11 is 0. The van der Waals surface area contributed by atoms with Crippen LogP contribution in [-0.2, 0) is 9.53 Å². The van der Waals surface area contributed by atoms with Crippen LogP contribution in [0.5, 0.6) is 0 Å². The minimum Gasteiger partial charge on any atom is -0.385 e. The van der Waals surface area contributed by atoms with Crippen molar-refractivity contribution in [3.8, 4) is 0 Å². The summed E-state index contributed by atoms with van der Waals surface area (Å²) < 4.78 is 5.15. The highest BCUT2D eigenvalue weighted by atomic mass is 127. The normalized spacial score (nSPS) is 15.9. The predicted molar refractivity (Wildman–Crippen MR) is 96.3 cm³/mol.